The molecule has 0 bridgehead atoms. The molecule has 5 nitrogen and oxygen atoms in total. The van der Waals surface area contributed by atoms with Gasteiger partial charge in [-0.15, -0.1) is 0 Å². The van der Waals surface area contributed by atoms with Crippen molar-refractivity contribution in [3.05, 3.63) is 35.4 Å². The van der Waals surface area contributed by atoms with E-state index in [0.717, 1.165) is 0 Å². The summed E-state index contributed by atoms with van der Waals surface area (Å²) in [6, 6.07) is 7.85. The fourth-order valence-electron chi connectivity index (χ4n) is 1.10. The molecule has 0 aliphatic rings. The third kappa shape index (κ3) is 6.19. The van der Waals surface area contributed by atoms with Crippen LogP contribution in [-0.2, 0) is 16.8 Å². The van der Waals surface area contributed by atoms with Crippen molar-refractivity contribution in [2.24, 2.45) is 0 Å². The second kappa shape index (κ2) is 6.01. The van der Waals surface area contributed by atoms with Crippen LogP contribution in [0.25, 0.3) is 0 Å². The van der Waals surface area contributed by atoms with Crippen LogP contribution in [0.5, 0.6) is 0 Å². The third-order valence-electron chi connectivity index (χ3n) is 2.01. The molecular formula is C10H10F3N3O2S. The lowest BCUT2D eigenvalue weighted by molar-refractivity contribution is -0.121. The summed E-state index contributed by atoms with van der Waals surface area (Å²) in [4.78, 5) is 0. The first-order valence-corrected chi connectivity index (χ1v) is 6.50. The molecule has 0 heterocycles. The lowest BCUT2D eigenvalue weighted by atomic mass is 10.1. The normalized spacial score (nSPS) is 12.1. The van der Waals surface area contributed by atoms with Gasteiger partial charge in [0.05, 0.1) is 11.6 Å². The number of nitriles is 1. The fourth-order valence-corrected chi connectivity index (χ4v) is 1.92. The molecule has 19 heavy (non-hydrogen) atoms. The van der Waals surface area contributed by atoms with Gasteiger partial charge >= 0.3 is 6.18 Å². The molecule has 0 fully saturated rings. The number of alkyl halides is 3. The molecular weight excluding hydrogens is 283 g/mol. The Morgan fingerprint density at radius 2 is 1.74 bits per heavy atom. The van der Waals surface area contributed by atoms with Gasteiger partial charge in [0.25, 0.3) is 10.2 Å². The highest BCUT2D eigenvalue weighted by atomic mass is 32.2. The molecule has 0 amide bonds. The van der Waals surface area contributed by atoms with E-state index in [1.807, 2.05) is 10.8 Å². The van der Waals surface area contributed by atoms with Crippen LogP contribution >= 0.6 is 0 Å². The standard InChI is InChI=1S/C10H10F3N3O2S/c11-10(12,13)7-16-19(17,18)15-6-9-3-1-8(5-14)2-4-9/h1-4,15-16H,6-7H2. The molecule has 2 N–H and O–H groups in total. The van der Waals surface area contributed by atoms with Gasteiger partial charge in [-0.25, -0.2) is 0 Å². The first kappa shape index (κ1) is 15.4. The minimum absolute atomic E-state index is 0.168. The lowest BCUT2D eigenvalue weighted by Gasteiger charge is -2.10. The second-order valence-corrected chi connectivity index (χ2v) is 5.15. The monoisotopic (exact) mass is 293 g/mol. The Morgan fingerprint density at radius 1 is 1.16 bits per heavy atom. The van der Waals surface area contributed by atoms with E-state index < -0.39 is 22.9 Å². The molecule has 1 rings (SSSR count). The van der Waals surface area contributed by atoms with Crippen molar-refractivity contribution in [2.75, 3.05) is 6.54 Å². The molecule has 0 aliphatic carbocycles. The van der Waals surface area contributed by atoms with Crippen LogP contribution in [0.1, 0.15) is 11.1 Å². The van der Waals surface area contributed by atoms with Gasteiger partial charge in [-0.1, -0.05) is 12.1 Å². The molecule has 0 aliphatic heterocycles. The molecule has 0 aromatic heterocycles. The van der Waals surface area contributed by atoms with E-state index in [4.69, 9.17) is 5.26 Å². The molecule has 0 unspecified atom stereocenters. The summed E-state index contributed by atoms with van der Waals surface area (Å²) < 4.78 is 61.3. The van der Waals surface area contributed by atoms with E-state index in [0.29, 0.717) is 11.1 Å². The highest BCUT2D eigenvalue weighted by Gasteiger charge is 2.29. The maximum absolute atomic E-state index is 11.8. The summed E-state index contributed by atoms with van der Waals surface area (Å²) >= 11 is 0. The first-order valence-electron chi connectivity index (χ1n) is 5.02. The van der Waals surface area contributed by atoms with Crippen LogP contribution in [0.4, 0.5) is 13.2 Å². The number of rotatable bonds is 5. The van der Waals surface area contributed by atoms with Gasteiger partial charge < -0.3 is 0 Å². The molecule has 0 atom stereocenters. The molecule has 0 saturated carbocycles. The Balaban J connectivity index is 2.53. The first-order chi connectivity index (χ1) is 8.72. The minimum Gasteiger partial charge on any atom is -0.198 e. The summed E-state index contributed by atoms with van der Waals surface area (Å²) in [5, 5.41) is 8.56. The van der Waals surface area contributed by atoms with Gasteiger partial charge in [-0.2, -0.15) is 36.3 Å². The van der Waals surface area contributed by atoms with Gasteiger partial charge in [0.15, 0.2) is 0 Å². The molecule has 0 saturated heterocycles. The van der Waals surface area contributed by atoms with E-state index in [1.165, 1.54) is 29.0 Å². The minimum atomic E-state index is -4.61. The van der Waals surface area contributed by atoms with Gasteiger partial charge in [0, 0.05) is 6.54 Å². The van der Waals surface area contributed by atoms with Crippen LogP contribution in [0, 0.1) is 11.3 Å². The number of nitrogens with one attached hydrogen (secondary N) is 2. The molecule has 0 radical (unpaired) electrons. The van der Waals surface area contributed by atoms with Gasteiger partial charge in [-0.05, 0) is 17.7 Å². The van der Waals surface area contributed by atoms with Crippen molar-refractivity contribution < 1.29 is 21.6 Å². The van der Waals surface area contributed by atoms with E-state index in [2.05, 4.69) is 0 Å². The smallest absolute Gasteiger partial charge is 0.198 e. The second-order valence-electron chi connectivity index (χ2n) is 3.57. The van der Waals surface area contributed by atoms with Crippen molar-refractivity contribution in [1.82, 2.24) is 9.44 Å². The molecule has 0 spiro atoms. The largest absolute Gasteiger partial charge is 0.402 e. The zero-order chi connectivity index (χ0) is 14.5. The number of hydrogen-bond acceptors (Lipinski definition) is 3. The molecule has 9 heteroatoms. The van der Waals surface area contributed by atoms with E-state index >= 15 is 0 Å². The number of nitrogens with zero attached hydrogens (tertiary/aromatic N) is 1. The van der Waals surface area contributed by atoms with E-state index in [-0.39, 0.29) is 6.54 Å². The highest BCUT2D eigenvalue weighted by Crippen LogP contribution is 2.12. The third-order valence-corrected chi connectivity index (χ3v) is 3.06. The summed E-state index contributed by atoms with van der Waals surface area (Å²) in [6.45, 7) is -1.80. The van der Waals surface area contributed by atoms with Crippen molar-refractivity contribution in [3.8, 4) is 6.07 Å². The topological polar surface area (TPSA) is 82.0 Å². The quantitative estimate of drug-likeness (QED) is 0.851. The average Bonchev–Trinajstić information content (AvgIpc) is 2.34. The Morgan fingerprint density at radius 3 is 2.21 bits per heavy atom. The molecule has 1 aromatic carbocycles. The maximum Gasteiger partial charge on any atom is 0.402 e. The Bertz CT molecular complexity index is 561. The van der Waals surface area contributed by atoms with Gasteiger partial charge in [0.2, 0.25) is 0 Å². The number of benzene rings is 1. The number of halogens is 3. The average molecular weight is 293 g/mol. The van der Waals surface area contributed by atoms with Gasteiger partial charge in [-0.3, -0.25) is 0 Å². The van der Waals surface area contributed by atoms with Gasteiger partial charge in [0.1, 0.15) is 6.54 Å². The predicted octanol–water partition coefficient (Wildman–Crippen LogP) is 1.04. The highest BCUT2D eigenvalue weighted by molar-refractivity contribution is 7.87. The lowest BCUT2D eigenvalue weighted by Crippen LogP contribution is -2.41. The van der Waals surface area contributed by atoms with Crippen molar-refractivity contribution in [2.45, 2.75) is 12.7 Å². The van der Waals surface area contributed by atoms with Crippen molar-refractivity contribution in [3.63, 3.8) is 0 Å². The van der Waals surface area contributed by atoms with Crippen molar-refractivity contribution in [1.29, 1.82) is 5.26 Å². The van der Waals surface area contributed by atoms with Crippen LogP contribution in [0.2, 0.25) is 0 Å². The van der Waals surface area contributed by atoms with Crippen molar-refractivity contribution >= 4 is 10.2 Å². The summed E-state index contributed by atoms with van der Waals surface area (Å²) in [7, 11) is -4.21. The summed E-state index contributed by atoms with van der Waals surface area (Å²) in [5.74, 6) is 0. The van der Waals surface area contributed by atoms with E-state index in [9.17, 15) is 21.6 Å². The van der Waals surface area contributed by atoms with Crippen LogP contribution in [0.15, 0.2) is 24.3 Å². The maximum atomic E-state index is 11.8. The Hall–Kier alpha value is -1.63. The predicted molar refractivity (Wildman–Crippen MR) is 61.0 cm³/mol. The number of hydrogen-bond donors (Lipinski definition) is 2. The zero-order valence-electron chi connectivity index (χ0n) is 9.53. The van der Waals surface area contributed by atoms with E-state index in [1.54, 1.807) is 0 Å². The molecule has 1 aromatic rings. The summed E-state index contributed by atoms with van der Waals surface area (Å²) in [5.41, 5.74) is 0.929. The van der Waals surface area contributed by atoms with Crippen LogP contribution < -0.4 is 9.44 Å². The molecule has 104 valence electrons. The van der Waals surface area contributed by atoms with Crippen LogP contribution in [0.3, 0.4) is 0 Å². The Kier molecular flexibility index (Phi) is 4.88. The fraction of sp³-hybridized carbons (Fsp3) is 0.300. The Labute approximate surface area is 108 Å². The van der Waals surface area contributed by atoms with Crippen LogP contribution in [-0.4, -0.2) is 21.1 Å². The zero-order valence-corrected chi connectivity index (χ0v) is 10.3. The SMILES string of the molecule is N#Cc1ccc(CNS(=O)(=O)NCC(F)(F)F)cc1. The summed E-state index contributed by atoms with van der Waals surface area (Å²) in [6.07, 6.45) is -4.61.